The molecule has 0 spiro atoms. The van der Waals surface area contributed by atoms with Gasteiger partial charge in [-0.1, -0.05) is 19.1 Å². The fraction of sp³-hybridized carbons (Fsp3) is 0.438. The van der Waals surface area contributed by atoms with E-state index in [1.165, 1.54) is 68.6 Å². The Kier molecular flexibility index (Phi) is 17.6. The molecule has 368 valence electrons. The van der Waals surface area contributed by atoms with Crippen molar-refractivity contribution in [2.24, 2.45) is 5.92 Å². The highest BCUT2D eigenvalue weighted by molar-refractivity contribution is 8.00. The van der Waals surface area contributed by atoms with Gasteiger partial charge in [0.1, 0.15) is 30.0 Å². The summed E-state index contributed by atoms with van der Waals surface area (Å²) in [6, 6.07) is 12.0. The number of thioether (sulfide) groups is 1. The number of esters is 2. The average Bonchev–Trinajstić information content (AvgIpc) is 3.97. The number of methoxy groups -OCH3 is 1. The van der Waals surface area contributed by atoms with E-state index in [0.29, 0.717) is 41.1 Å². The number of amidine groups is 1. The summed E-state index contributed by atoms with van der Waals surface area (Å²) in [6.45, 7) is 10.2. The summed E-state index contributed by atoms with van der Waals surface area (Å²) in [5.41, 5.74) is 0.801. The molecule has 3 aromatic rings. The quantitative estimate of drug-likeness (QED) is 0.0125. The van der Waals surface area contributed by atoms with Gasteiger partial charge in [-0.05, 0) is 101 Å². The predicted molar refractivity (Wildman–Crippen MR) is 254 cm³/mol. The standard InChI is InChI=1S/C48H57N7O13S/c1-7-29-20-34(33(21-37(29)63-6)32-18-19-35(44(58)50-22-28-12-13-28)52-40(32)45(59)67-27(5)68-48(62)65-25(2)3)43(57)51-31-16-14-30(15-17-31)42(49)55-47(61)66-26(4)23-64-39(56)11-9-8-10-38-41-36(24-69-38)53-46(60)54-41/h7,14-21,25-28,36,38,41H,1,8-13,22-24H2,2-6H3,(H,50,58)(H,51,57)(H2,49,55,61)(H2,53,54,60). The highest BCUT2D eigenvalue weighted by Gasteiger charge is 2.42. The summed E-state index contributed by atoms with van der Waals surface area (Å²) < 4.78 is 31.7. The van der Waals surface area contributed by atoms with Crippen LogP contribution >= 0.6 is 11.8 Å². The summed E-state index contributed by atoms with van der Waals surface area (Å²) in [5.74, 6) is -1.46. The first kappa shape index (κ1) is 51.2. The first-order valence-electron chi connectivity index (χ1n) is 22.6. The smallest absolute Gasteiger partial charge is 0.496 e. The Morgan fingerprint density at radius 2 is 1.68 bits per heavy atom. The second-order valence-corrected chi connectivity index (χ2v) is 18.2. The minimum atomic E-state index is -1.43. The number of urea groups is 1. The van der Waals surface area contributed by atoms with Crippen LogP contribution in [0.15, 0.2) is 55.1 Å². The van der Waals surface area contributed by atoms with E-state index in [4.69, 9.17) is 33.8 Å². The number of hydrogen-bond donors (Lipinski definition) is 6. The lowest BCUT2D eigenvalue weighted by atomic mass is 9.94. The lowest BCUT2D eigenvalue weighted by molar-refractivity contribution is -0.146. The highest BCUT2D eigenvalue weighted by atomic mass is 32.2. The van der Waals surface area contributed by atoms with Crippen LogP contribution in [0.25, 0.3) is 17.2 Å². The van der Waals surface area contributed by atoms with Crippen molar-refractivity contribution in [1.29, 1.82) is 5.41 Å². The second kappa shape index (κ2) is 23.7. The molecule has 1 aromatic heterocycles. The Morgan fingerprint density at radius 1 is 0.928 bits per heavy atom. The van der Waals surface area contributed by atoms with Crippen molar-refractivity contribution in [3.63, 3.8) is 0 Å². The number of carbonyl (C=O) groups excluding carboxylic acids is 7. The molecule has 20 nitrogen and oxygen atoms in total. The molecule has 6 rings (SSSR count). The molecule has 5 amide bonds. The van der Waals surface area contributed by atoms with Crippen LogP contribution in [0.1, 0.15) is 109 Å². The molecule has 3 heterocycles. The van der Waals surface area contributed by atoms with Crippen LogP contribution in [0.4, 0.5) is 20.1 Å². The molecule has 0 bridgehead atoms. The number of hydrogen-bond acceptors (Lipinski definition) is 16. The molecule has 69 heavy (non-hydrogen) atoms. The van der Waals surface area contributed by atoms with Crippen molar-refractivity contribution >= 4 is 71.4 Å². The van der Waals surface area contributed by atoms with E-state index >= 15 is 0 Å². The largest absolute Gasteiger partial charge is 0.511 e. The van der Waals surface area contributed by atoms with E-state index in [1.54, 1.807) is 20.8 Å². The van der Waals surface area contributed by atoms with E-state index in [-0.39, 0.29) is 70.6 Å². The van der Waals surface area contributed by atoms with Crippen LogP contribution in [0, 0.1) is 11.3 Å². The zero-order valence-corrected chi connectivity index (χ0v) is 39.8. The maximum atomic E-state index is 14.2. The fourth-order valence-corrected chi connectivity index (χ4v) is 8.96. The summed E-state index contributed by atoms with van der Waals surface area (Å²) >= 11 is 1.81. The maximum Gasteiger partial charge on any atom is 0.511 e. The van der Waals surface area contributed by atoms with Gasteiger partial charge in [0.25, 0.3) is 11.8 Å². The number of benzene rings is 2. The molecule has 2 aromatic carbocycles. The molecule has 0 radical (unpaired) electrons. The average molecular weight is 972 g/mol. The van der Waals surface area contributed by atoms with Gasteiger partial charge >= 0.3 is 30.2 Å². The lowest BCUT2D eigenvalue weighted by Crippen LogP contribution is -2.36. The van der Waals surface area contributed by atoms with Gasteiger partial charge in [0.15, 0.2) is 5.69 Å². The van der Waals surface area contributed by atoms with E-state index in [0.717, 1.165) is 31.4 Å². The minimum absolute atomic E-state index is 0.0362. The first-order valence-corrected chi connectivity index (χ1v) is 23.6. The van der Waals surface area contributed by atoms with Gasteiger partial charge in [-0.15, -0.1) is 0 Å². The molecule has 5 unspecified atom stereocenters. The third-order valence-electron chi connectivity index (χ3n) is 11.1. The number of amides is 5. The SMILES string of the molecule is C=Cc1cc(C(=O)Nc2ccc(C(=N)NC(=O)OC(C)COC(=O)CCCCC3SCC4NC(=O)NC43)cc2)c(-c2ccc(C(=O)NCC3CC3)nc2C(=O)OC(C)OC(=O)OC(C)C)cc1OC. The molecule has 5 atom stereocenters. The number of unbranched alkanes of at least 4 members (excludes halogenated alkanes) is 1. The van der Waals surface area contributed by atoms with Gasteiger partial charge in [-0.3, -0.25) is 25.1 Å². The Bertz CT molecular complexity index is 2450. The van der Waals surface area contributed by atoms with Crippen molar-refractivity contribution in [2.45, 2.75) is 102 Å². The summed E-state index contributed by atoms with van der Waals surface area (Å²) in [6.07, 6.45) is 1.19. The van der Waals surface area contributed by atoms with Gasteiger partial charge in [0, 0.05) is 64.4 Å². The zero-order valence-electron chi connectivity index (χ0n) is 39.0. The number of fused-ring (bicyclic) bond motifs is 1. The van der Waals surface area contributed by atoms with Crippen molar-refractivity contribution in [1.82, 2.24) is 26.3 Å². The molecule has 2 aliphatic heterocycles. The van der Waals surface area contributed by atoms with Gasteiger partial charge < -0.3 is 49.7 Å². The molecule has 3 aliphatic rings. The van der Waals surface area contributed by atoms with Gasteiger partial charge in [-0.2, -0.15) is 11.8 Å². The number of nitrogens with zero attached hydrogens (tertiary/aromatic N) is 1. The Labute approximate surface area is 403 Å². The van der Waals surface area contributed by atoms with Crippen molar-refractivity contribution in [3.05, 3.63) is 83.2 Å². The van der Waals surface area contributed by atoms with Crippen molar-refractivity contribution in [3.8, 4) is 16.9 Å². The molecular formula is C48H57N7O13S. The molecular weight excluding hydrogens is 915 g/mol. The van der Waals surface area contributed by atoms with Crippen LogP contribution in [0.3, 0.4) is 0 Å². The molecule has 21 heteroatoms. The number of ether oxygens (including phenoxy) is 6. The minimum Gasteiger partial charge on any atom is -0.496 e. The molecule has 6 N–H and O–H groups in total. The normalized spacial score (nSPS) is 17.7. The fourth-order valence-electron chi connectivity index (χ4n) is 7.42. The van der Waals surface area contributed by atoms with E-state index < -0.39 is 54.5 Å². The van der Waals surface area contributed by atoms with Crippen molar-refractivity contribution < 1.29 is 62.0 Å². The topological polar surface area (TPSA) is 272 Å². The van der Waals surface area contributed by atoms with Gasteiger partial charge in [0.05, 0.1) is 25.3 Å². The maximum absolute atomic E-state index is 14.2. The number of aromatic nitrogens is 1. The number of rotatable bonds is 21. The summed E-state index contributed by atoms with van der Waals surface area (Å²) in [4.78, 5) is 94.3. The lowest BCUT2D eigenvalue weighted by Gasteiger charge is -2.19. The monoisotopic (exact) mass is 971 g/mol. The third kappa shape index (κ3) is 14.4. The van der Waals surface area contributed by atoms with Gasteiger partial charge in [0.2, 0.25) is 6.29 Å². The first-order chi connectivity index (χ1) is 33.0. The zero-order chi connectivity index (χ0) is 49.8. The van der Waals surface area contributed by atoms with E-state index in [9.17, 15) is 33.6 Å². The molecule has 1 saturated carbocycles. The predicted octanol–water partition coefficient (Wildman–Crippen LogP) is 6.57. The number of pyridine rings is 1. The molecule has 2 saturated heterocycles. The summed E-state index contributed by atoms with van der Waals surface area (Å²) in [5, 5.41) is 22.6. The second-order valence-electron chi connectivity index (χ2n) is 16.9. The Balaban J connectivity index is 1.07. The van der Waals surface area contributed by atoms with E-state index in [1.807, 2.05) is 11.8 Å². The Morgan fingerprint density at radius 3 is 2.38 bits per heavy atom. The van der Waals surface area contributed by atoms with Crippen LogP contribution in [-0.4, -0.2) is 115 Å². The number of alkyl carbamates (subject to hydrolysis) is 1. The molecule has 1 aliphatic carbocycles. The molecule has 3 fully saturated rings. The number of nitrogens with one attached hydrogen (secondary N) is 6. The van der Waals surface area contributed by atoms with E-state index in [2.05, 4.69) is 38.1 Å². The Hall–Kier alpha value is -7.16. The van der Waals surface area contributed by atoms with Crippen LogP contribution < -0.4 is 31.3 Å². The summed E-state index contributed by atoms with van der Waals surface area (Å²) in [7, 11) is 1.42. The van der Waals surface area contributed by atoms with Crippen LogP contribution in [-0.2, 0) is 28.5 Å². The van der Waals surface area contributed by atoms with Gasteiger partial charge in [-0.25, -0.2) is 24.2 Å². The van der Waals surface area contributed by atoms with Crippen LogP contribution in [0.5, 0.6) is 5.75 Å². The number of anilines is 1. The van der Waals surface area contributed by atoms with Crippen LogP contribution in [0.2, 0.25) is 0 Å². The number of carbonyl (C=O) groups is 7. The third-order valence-corrected chi connectivity index (χ3v) is 12.6. The van der Waals surface area contributed by atoms with Crippen molar-refractivity contribution in [2.75, 3.05) is 31.3 Å². The highest BCUT2D eigenvalue weighted by Crippen LogP contribution is 2.36.